The molecule has 0 aliphatic carbocycles. The zero-order valence-corrected chi connectivity index (χ0v) is 12.2. The second kappa shape index (κ2) is 6.16. The van der Waals surface area contributed by atoms with Crippen molar-refractivity contribution in [3.63, 3.8) is 0 Å². The van der Waals surface area contributed by atoms with Crippen molar-refractivity contribution in [2.75, 3.05) is 11.9 Å². The number of halogens is 1. The molecule has 1 heterocycles. The van der Waals surface area contributed by atoms with E-state index in [1.54, 1.807) is 18.2 Å². The molecule has 0 aliphatic rings. The lowest BCUT2D eigenvalue weighted by Gasteiger charge is -2.03. The van der Waals surface area contributed by atoms with Crippen LogP contribution in [0.4, 0.5) is 0 Å². The minimum Gasteiger partial charge on any atom is -0.473 e. The van der Waals surface area contributed by atoms with Crippen LogP contribution in [0.25, 0.3) is 0 Å². The van der Waals surface area contributed by atoms with Crippen LogP contribution in [0.5, 0.6) is 5.88 Å². The van der Waals surface area contributed by atoms with Gasteiger partial charge in [-0.15, -0.1) is 0 Å². The van der Waals surface area contributed by atoms with Crippen LogP contribution in [-0.2, 0) is 9.84 Å². The van der Waals surface area contributed by atoms with Gasteiger partial charge in [-0.1, -0.05) is 34.1 Å². The molecule has 102 valence electrons. The van der Waals surface area contributed by atoms with Crippen LogP contribution >= 0.6 is 15.9 Å². The molecule has 0 saturated heterocycles. The van der Waals surface area contributed by atoms with E-state index in [0.717, 1.165) is 11.8 Å². The normalized spacial score (nSPS) is 11.4. The summed E-state index contributed by atoms with van der Waals surface area (Å²) in [5.74, 6) is -0.107. The third kappa shape index (κ3) is 3.13. The van der Waals surface area contributed by atoms with Crippen LogP contribution in [0, 0.1) is 0 Å². The van der Waals surface area contributed by atoms with E-state index in [4.69, 9.17) is 4.74 Å². The highest BCUT2D eigenvalue weighted by molar-refractivity contribution is 9.09. The molecule has 1 aromatic carbocycles. The van der Waals surface area contributed by atoms with Gasteiger partial charge in [-0.3, -0.25) is 0 Å². The van der Waals surface area contributed by atoms with Gasteiger partial charge in [0.15, 0.2) is 0 Å². The molecular weight excluding hydrogens is 336 g/mol. The summed E-state index contributed by atoms with van der Waals surface area (Å²) in [5.41, 5.74) is 0. The van der Waals surface area contributed by atoms with E-state index in [0.29, 0.717) is 6.61 Å². The van der Waals surface area contributed by atoms with Gasteiger partial charge in [0.1, 0.15) is 0 Å². The van der Waals surface area contributed by atoms with Crippen molar-refractivity contribution in [1.29, 1.82) is 0 Å². The van der Waals surface area contributed by atoms with E-state index in [-0.39, 0.29) is 15.8 Å². The summed E-state index contributed by atoms with van der Waals surface area (Å²) < 4.78 is 34.3. The van der Waals surface area contributed by atoms with E-state index >= 15 is 0 Å². The highest BCUT2D eigenvalue weighted by atomic mass is 79.9. The standard InChI is InChI=1S/C11H11BrN2O4S/c12-7-4-8-17-10-11(14-18-13-10)19(15,16)9-5-2-1-3-6-9/h1-3,5-6H,4,7-8H2. The number of hydrogen-bond donors (Lipinski definition) is 0. The molecule has 2 aromatic rings. The van der Waals surface area contributed by atoms with Gasteiger partial charge in [0.05, 0.1) is 11.5 Å². The van der Waals surface area contributed by atoms with Crippen LogP contribution in [0.2, 0.25) is 0 Å². The topological polar surface area (TPSA) is 82.3 Å². The van der Waals surface area contributed by atoms with E-state index < -0.39 is 9.84 Å². The first-order chi connectivity index (χ1) is 9.16. The molecule has 8 heteroatoms. The van der Waals surface area contributed by atoms with E-state index in [1.165, 1.54) is 12.1 Å². The number of sulfone groups is 1. The summed E-state index contributed by atoms with van der Waals surface area (Å²) in [6, 6.07) is 7.95. The first-order valence-corrected chi connectivity index (χ1v) is 8.08. The Balaban J connectivity index is 2.29. The summed E-state index contributed by atoms with van der Waals surface area (Å²) in [4.78, 5) is 0.121. The minimum absolute atomic E-state index is 0.107. The summed E-state index contributed by atoms with van der Waals surface area (Å²) in [6.07, 6.45) is 0.720. The Morgan fingerprint density at radius 2 is 1.95 bits per heavy atom. The van der Waals surface area contributed by atoms with Crippen molar-refractivity contribution in [1.82, 2.24) is 10.3 Å². The molecular formula is C11H11BrN2O4S. The summed E-state index contributed by atoms with van der Waals surface area (Å²) in [5, 5.41) is 7.36. The van der Waals surface area contributed by atoms with Crippen LogP contribution in [0.15, 0.2) is 44.9 Å². The molecule has 2 rings (SSSR count). The second-order valence-corrected chi connectivity index (χ2v) is 6.24. The van der Waals surface area contributed by atoms with Crippen molar-refractivity contribution in [3.05, 3.63) is 30.3 Å². The average Bonchev–Trinajstić information content (AvgIpc) is 2.89. The van der Waals surface area contributed by atoms with Gasteiger partial charge in [0, 0.05) is 5.33 Å². The minimum atomic E-state index is -3.77. The van der Waals surface area contributed by atoms with Gasteiger partial charge < -0.3 is 4.74 Å². The molecule has 6 nitrogen and oxygen atoms in total. The predicted octanol–water partition coefficient (Wildman–Crippen LogP) is 2.07. The number of aromatic nitrogens is 2. The third-order valence-electron chi connectivity index (χ3n) is 2.26. The molecule has 0 amide bonds. The van der Waals surface area contributed by atoms with Crippen molar-refractivity contribution >= 4 is 25.8 Å². The van der Waals surface area contributed by atoms with Crippen LogP contribution < -0.4 is 4.74 Å². The number of benzene rings is 1. The first-order valence-electron chi connectivity index (χ1n) is 5.47. The van der Waals surface area contributed by atoms with E-state index in [1.807, 2.05) is 0 Å². The Hall–Kier alpha value is -1.41. The highest BCUT2D eigenvalue weighted by Crippen LogP contribution is 2.25. The molecule has 19 heavy (non-hydrogen) atoms. The molecule has 0 unspecified atom stereocenters. The Labute approximate surface area is 118 Å². The average molecular weight is 347 g/mol. The summed E-state index contributed by atoms with van der Waals surface area (Å²) in [6.45, 7) is 0.330. The van der Waals surface area contributed by atoms with Gasteiger partial charge in [-0.25, -0.2) is 13.0 Å². The third-order valence-corrected chi connectivity index (χ3v) is 4.47. The molecule has 0 spiro atoms. The fourth-order valence-electron chi connectivity index (χ4n) is 1.36. The lowest BCUT2D eigenvalue weighted by molar-refractivity contribution is 0.256. The Morgan fingerprint density at radius 3 is 2.63 bits per heavy atom. The second-order valence-electron chi connectivity index (χ2n) is 3.58. The Bertz CT molecular complexity index is 627. The van der Waals surface area contributed by atoms with Gasteiger partial charge in [-0.2, -0.15) is 0 Å². The molecule has 0 atom stereocenters. The number of nitrogens with zero attached hydrogens (tertiary/aromatic N) is 2. The fourth-order valence-corrected chi connectivity index (χ4v) is 2.78. The smallest absolute Gasteiger partial charge is 0.295 e. The predicted molar refractivity (Wildman–Crippen MR) is 70.1 cm³/mol. The van der Waals surface area contributed by atoms with E-state index in [9.17, 15) is 8.42 Å². The summed E-state index contributed by atoms with van der Waals surface area (Å²) in [7, 11) is -3.77. The molecule has 0 fully saturated rings. The van der Waals surface area contributed by atoms with Crippen LogP contribution in [0.1, 0.15) is 6.42 Å². The van der Waals surface area contributed by atoms with Gasteiger partial charge in [0.2, 0.25) is 9.84 Å². The number of rotatable bonds is 6. The maximum Gasteiger partial charge on any atom is 0.295 e. The quantitative estimate of drug-likeness (QED) is 0.588. The van der Waals surface area contributed by atoms with Gasteiger partial charge in [-0.05, 0) is 28.9 Å². The molecule has 1 aromatic heterocycles. The molecule has 0 bridgehead atoms. The molecule has 0 N–H and O–H groups in total. The van der Waals surface area contributed by atoms with Crippen molar-refractivity contribution in [2.24, 2.45) is 0 Å². The number of ether oxygens (including phenoxy) is 1. The van der Waals surface area contributed by atoms with E-state index in [2.05, 4.69) is 30.9 Å². The van der Waals surface area contributed by atoms with Crippen molar-refractivity contribution in [2.45, 2.75) is 16.3 Å². The first kappa shape index (κ1) is 14.0. The van der Waals surface area contributed by atoms with Crippen molar-refractivity contribution < 1.29 is 17.8 Å². The Kier molecular flexibility index (Phi) is 4.54. The number of hydrogen-bond acceptors (Lipinski definition) is 6. The largest absolute Gasteiger partial charge is 0.473 e. The zero-order chi connectivity index (χ0) is 13.7. The maximum atomic E-state index is 12.3. The highest BCUT2D eigenvalue weighted by Gasteiger charge is 2.28. The SMILES string of the molecule is O=S(=O)(c1ccccc1)c1nonc1OCCCBr. The zero-order valence-electron chi connectivity index (χ0n) is 9.82. The Morgan fingerprint density at radius 1 is 1.21 bits per heavy atom. The van der Waals surface area contributed by atoms with Crippen LogP contribution in [0.3, 0.4) is 0 Å². The van der Waals surface area contributed by atoms with Gasteiger partial charge in [0.25, 0.3) is 10.9 Å². The van der Waals surface area contributed by atoms with Gasteiger partial charge >= 0.3 is 0 Å². The molecule has 0 saturated carbocycles. The number of alkyl halides is 1. The molecule has 0 radical (unpaired) electrons. The van der Waals surface area contributed by atoms with Crippen molar-refractivity contribution in [3.8, 4) is 5.88 Å². The molecule has 0 aliphatic heterocycles. The lowest BCUT2D eigenvalue weighted by atomic mass is 10.4. The van der Waals surface area contributed by atoms with Crippen LogP contribution in [-0.4, -0.2) is 30.7 Å². The monoisotopic (exact) mass is 346 g/mol. The maximum absolute atomic E-state index is 12.3. The summed E-state index contributed by atoms with van der Waals surface area (Å²) >= 11 is 3.25. The fraction of sp³-hybridized carbons (Fsp3) is 0.273. The lowest BCUT2D eigenvalue weighted by Crippen LogP contribution is -2.06.